The molecule has 3 heteroatoms. The predicted octanol–water partition coefficient (Wildman–Crippen LogP) is 4.90. The number of aliphatic hydroxyl groups excluding tert-OH is 1. The van der Waals surface area contributed by atoms with E-state index in [1.54, 1.807) is 0 Å². The number of hydrogen-bond donors (Lipinski definition) is 1. The van der Waals surface area contributed by atoms with Crippen molar-refractivity contribution < 1.29 is 9.90 Å². The monoisotopic (exact) mass is 321 g/mol. The van der Waals surface area contributed by atoms with Crippen molar-refractivity contribution in [1.82, 2.24) is 4.57 Å². The molecule has 0 aliphatic rings. The van der Waals surface area contributed by atoms with Gasteiger partial charge in [0, 0.05) is 16.6 Å². The fourth-order valence-electron chi connectivity index (χ4n) is 3.33. The van der Waals surface area contributed by atoms with Gasteiger partial charge in [0.25, 0.3) is 0 Å². The van der Waals surface area contributed by atoms with Crippen LogP contribution in [0.1, 0.15) is 61.0 Å². The molecular formula is C21H23NO2. The molecule has 24 heavy (non-hydrogen) atoms. The molecule has 124 valence electrons. The number of hydrogen-bond acceptors (Lipinski definition) is 2. The second-order valence-corrected chi connectivity index (χ2v) is 6.39. The van der Waals surface area contributed by atoms with Crippen LogP contribution in [0, 0.1) is 0 Å². The molecule has 3 nitrogen and oxygen atoms in total. The molecule has 0 saturated carbocycles. The van der Waals surface area contributed by atoms with Gasteiger partial charge in [-0.05, 0) is 18.4 Å². The molecule has 0 radical (unpaired) electrons. The maximum atomic E-state index is 13.2. The average Bonchev–Trinajstić information content (AvgIpc) is 2.96. The summed E-state index contributed by atoms with van der Waals surface area (Å²) >= 11 is 0. The molecule has 0 aliphatic heterocycles. The molecule has 1 atom stereocenters. The van der Waals surface area contributed by atoms with Gasteiger partial charge in [-0.1, -0.05) is 69.3 Å². The maximum Gasteiger partial charge on any atom is 0.195 e. The first-order valence-corrected chi connectivity index (χ1v) is 8.46. The van der Waals surface area contributed by atoms with Gasteiger partial charge in [0.2, 0.25) is 0 Å². The van der Waals surface area contributed by atoms with E-state index in [0.717, 1.165) is 16.6 Å². The smallest absolute Gasteiger partial charge is 0.195 e. The Balaban J connectivity index is 2.35. The largest absolute Gasteiger partial charge is 0.373 e. The Bertz CT molecular complexity index is 862. The Labute approximate surface area is 142 Å². The quantitative estimate of drug-likeness (QED) is 0.679. The summed E-state index contributed by atoms with van der Waals surface area (Å²) in [4.78, 5) is 13.2. The third-order valence-electron chi connectivity index (χ3n) is 4.42. The highest BCUT2D eigenvalue weighted by atomic mass is 16.3. The Morgan fingerprint density at radius 2 is 1.67 bits per heavy atom. The number of benzene rings is 2. The van der Waals surface area contributed by atoms with Crippen LogP contribution in [0.5, 0.6) is 0 Å². The third-order valence-corrected chi connectivity index (χ3v) is 4.42. The van der Waals surface area contributed by atoms with E-state index in [2.05, 4.69) is 13.8 Å². The van der Waals surface area contributed by atoms with Crippen LogP contribution in [-0.2, 0) is 0 Å². The van der Waals surface area contributed by atoms with E-state index in [4.69, 9.17) is 0 Å². The normalized spacial score (nSPS) is 12.7. The second-order valence-electron chi connectivity index (χ2n) is 6.39. The number of nitrogens with zero attached hydrogens (tertiary/aromatic N) is 1. The van der Waals surface area contributed by atoms with Crippen LogP contribution in [0.15, 0.2) is 54.6 Å². The van der Waals surface area contributed by atoms with Crippen LogP contribution in [0.3, 0.4) is 0 Å². The fraction of sp³-hybridized carbons (Fsp3) is 0.286. The Morgan fingerprint density at radius 1 is 1.04 bits per heavy atom. The minimum atomic E-state index is -0.635. The summed E-state index contributed by atoms with van der Waals surface area (Å²) in [6.07, 6.45) is -0.0400. The van der Waals surface area contributed by atoms with E-state index in [1.165, 1.54) is 0 Å². The summed E-state index contributed by atoms with van der Waals surface area (Å²) in [5, 5.41) is 11.5. The van der Waals surface area contributed by atoms with Crippen LogP contribution in [0.4, 0.5) is 0 Å². The zero-order valence-electron chi connectivity index (χ0n) is 14.4. The van der Waals surface area contributed by atoms with Gasteiger partial charge in [-0.2, -0.15) is 0 Å². The molecule has 0 aliphatic carbocycles. The SMILES string of the molecule is CCC(O)n1c(C(C)C)c(C(=O)c2ccccc2)c2ccccc21. The van der Waals surface area contributed by atoms with Crippen LogP contribution >= 0.6 is 0 Å². The van der Waals surface area contributed by atoms with E-state index in [0.29, 0.717) is 17.5 Å². The number of carbonyl (C=O) groups is 1. The highest BCUT2D eigenvalue weighted by Crippen LogP contribution is 2.35. The van der Waals surface area contributed by atoms with Crippen molar-refractivity contribution in [1.29, 1.82) is 0 Å². The zero-order valence-corrected chi connectivity index (χ0v) is 14.4. The van der Waals surface area contributed by atoms with Crippen molar-refractivity contribution in [3.05, 3.63) is 71.4 Å². The molecule has 0 amide bonds. The lowest BCUT2D eigenvalue weighted by atomic mass is 9.96. The molecule has 0 fully saturated rings. The van der Waals surface area contributed by atoms with Gasteiger partial charge >= 0.3 is 0 Å². The van der Waals surface area contributed by atoms with E-state index in [1.807, 2.05) is 66.1 Å². The van der Waals surface area contributed by atoms with Gasteiger partial charge < -0.3 is 9.67 Å². The summed E-state index contributed by atoms with van der Waals surface area (Å²) in [6, 6.07) is 17.2. The van der Waals surface area contributed by atoms with Gasteiger partial charge in [-0.15, -0.1) is 0 Å². The number of ketones is 1. The number of carbonyl (C=O) groups excluding carboxylic acids is 1. The molecule has 3 rings (SSSR count). The van der Waals surface area contributed by atoms with Gasteiger partial charge in [-0.3, -0.25) is 4.79 Å². The molecule has 1 aromatic heterocycles. The van der Waals surface area contributed by atoms with Crippen molar-refractivity contribution in [2.45, 2.75) is 39.3 Å². The molecule has 0 spiro atoms. The van der Waals surface area contributed by atoms with E-state index < -0.39 is 6.23 Å². The van der Waals surface area contributed by atoms with Gasteiger partial charge in [0.15, 0.2) is 5.78 Å². The maximum absolute atomic E-state index is 13.2. The molecule has 1 N–H and O–H groups in total. The molecule has 3 aromatic rings. The lowest BCUT2D eigenvalue weighted by Gasteiger charge is -2.19. The molecular weight excluding hydrogens is 298 g/mol. The van der Waals surface area contributed by atoms with Gasteiger partial charge in [0.1, 0.15) is 6.23 Å². The van der Waals surface area contributed by atoms with E-state index in [9.17, 15) is 9.90 Å². The van der Waals surface area contributed by atoms with Crippen LogP contribution in [0.2, 0.25) is 0 Å². The van der Waals surface area contributed by atoms with E-state index in [-0.39, 0.29) is 11.7 Å². The molecule has 0 saturated heterocycles. The molecule has 1 unspecified atom stereocenters. The summed E-state index contributed by atoms with van der Waals surface area (Å²) in [6.45, 7) is 6.08. The van der Waals surface area contributed by atoms with E-state index >= 15 is 0 Å². The number of aliphatic hydroxyl groups is 1. The molecule has 0 bridgehead atoms. The minimum Gasteiger partial charge on any atom is -0.373 e. The van der Waals surface area contributed by atoms with Crippen LogP contribution < -0.4 is 0 Å². The van der Waals surface area contributed by atoms with Crippen molar-refractivity contribution in [3.8, 4) is 0 Å². The van der Waals surface area contributed by atoms with Crippen LogP contribution in [-0.4, -0.2) is 15.5 Å². The first-order valence-electron chi connectivity index (χ1n) is 8.46. The minimum absolute atomic E-state index is 0.0116. The standard InChI is InChI=1S/C21H23NO2/c1-4-18(23)22-17-13-9-8-12-16(17)19(20(22)14(2)3)21(24)15-10-6-5-7-11-15/h5-14,18,23H,4H2,1-3H3. The first kappa shape index (κ1) is 16.5. The fourth-order valence-corrected chi connectivity index (χ4v) is 3.33. The number of aromatic nitrogens is 1. The predicted molar refractivity (Wildman–Crippen MR) is 97.4 cm³/mol. The second kappa shape index (κ2) is 6.62. The first-order chi connectivity index (χ1) is 11.6. The van der Waals surface area contributed by atoms with Crippen molar-refractivity contribution in [2.75, 3.05) is 0 Å². The Morgan fingerprint density at radius 3 is 2.29 bits per heavy atom. The van der Waals surface area contributed by atoms with Gasteiger partial charge in [0.05, 0.1) is 11.1 Å². The summed E-state index contributed by atoms with van der Waals surface area (Å²) < 4.78 is 1.93. The average molecular weight is 321 g/mol. The lowest BCUT2D eigenvalue weighted by Crippen LogP contribution is -2.14. The Kier molecular flexibility index (Phi) is 4.54. The topological polar surface area (TPSA) is 42.2 Å². The lowest BCUT2D eigenvalue weighted by molar-refractivity contribution is 0.0990. The van der Waals surface area contributed by atoms with Crippen molar-refractivity contribution >= 4 is 16.7 Å². The van der Waals surface area contributed by atoms with Crippen molar-refractivity contribution in [2.24, 2.45) is 0 Å². The summed E-state index contributed by atoms with van der Waals surface area (Å²) in [7, 11) is 0. The third kappa shape index (κ3) is 2.65. The Hall–Kier alpha value is -2.39. The highest BCUT2D eigenvalue weighted by molar-refractivity contribution is 6.17. The highest BCUT2D eigenvalue weighted by Gasteiger charge is 2.26. The molecule has 2 aromatic carbocycles. The zero-order chi connectivity index (χ0) is 17.3. The number of para-hydroxylation sites is 1. The van der Waals surface area contributed by atoms with Crippen LogP contribution in [0.25, 0.3) is 10.9 Å². The van der Waals surface area contributed by atoms with Gasteiger partial charge in [-0.25, -0.2) is 0 Å². The number of fused-ring (bicyclic) bond motifs is 1. The molecule has 1 heterocycles. The summed E-state index contributed by atoms with van der Waals surface area (Å²) in [5.74, 6) is 0.138. The summed E-state index contributed by atoms with van der Waals surface area (Å²) in [5.41, 5.74) is 3.20. The van der Waals surface area contributed by atoms with Crippen molar-refractivity contribution in [3.63, 3.8) is 0 Å². The number of rotatable bonds is 5.